The molecule has 0 atom stereocenters. The normalized spacial score (nSPS) is 12.4. The predicted molar refractivity (Wildman–Crippen MR) is 104 cm³/mol. The van der Waals surface area contributed by atoms with E-state index in [0.29, 0.717) is 6.54 Å². The molecular formula is C20H28N2O2S. The van der Waals surface area contributed by atoms with Crippen LogP contribution in [0.1, 0.15) is 57.7 Å². The molecule has 0 amide bonds. The lowest BCUT2D eigenvalue weighted by atomic mass is 9.79. The van der Waals surface area contributed by atoms with Gasteiger partial charge in [-0.25, -0.2) is 4.98 Å². The number of aliphatic carboxylic acids is 1. The van der Waals surface area contributed by atoms with Crippen molar-refractivity contribution < 1.29 is 9.90 Å². The summed E-state index contributed by atoms with van der Waals surface area (Å²) in [6.45, 7) is 13.8. The molecule has 136 valence electrons. The molecule has 4 nitrogen and oxygen atoms in total. The Bertz CT molecular complexity index is 720. The van der Waals surface area contributed by atoms with Crippen LogP contribution in [-0.4, -0.2) is 22.6 Å². The molecule has 2 aromatic rings. The number of benzene rings is 1. The Labute approximate surface area is 154 Å². The maximum atomic E-state index is 10.6. The van der Waals surface area contributed by atoms with Crippen LogP contribution in [-0.2, 0) is 22.2 Å². The highest BCUT2D eigenvalue weighted by Gasteiger charge is 2.21. The van der Waals surface area contributed by atoms with Gasteiger partial charge in [0, 0.05) is 17.5 Å². The SMILES string of the molecule is CC(C)(C)c1cc(-c2csc(CNCC(=O)O)n2)cc(C(C)(C)C)c1. The fraction of sp³-hybridized carbons (Fsp3) is 0.500. The molecule has 0 unspecified atom stereocenters. The van der Waals surface area contributed by atoms with Gasteiger partial charge in [-0.1, -0.05) is 47.6 Å². The molecule has 0 spiro atoms. The summed E-state index contributed by atoms with van der Waals surface area (Å²) >= 11 is 1.56. The van der Waals surface area contributed by atoms with Crippen molar-refractivity contribution in [3.05, 3.63) is 39.7 Å². The lowest BCUT2D eigenvalue weighted by Crippen LogP contribution is -2.21. The van der Waals surface area contributed by atoms with Crippen LogP contribution in [0.2, 0.25) is 0 Å². The van der Waals surface area contributed by atoms with Crippen molar-refractivity contribution in [3.63, 3.8) is 0 Å². The van der Waals surface area contributed by atoms with Gasteiger partial charge in [0.15, 0.2) is 0 Å². The van der Waals surface area contributed by atoms with E-state index in [1.54, 1.807) is 11.3 Å². The van der Waals surface area contributed by atoms with Gasteiger partial charge in [0.05, 0.1) is 12.2 Å². The van der Waals surface area contributed by atoms with Gasteiger partial charge in [0.2, 0.25) is 0 Å². The predicted octanol–water partition coefficient (Wildman–Crippen LogP) is 4.58. The smallest absolute Gasteiger partial charge is 0.317 e. The molecule has 2 N–H and O–H groups in total. The van der Waals surface area contributed by atoms with E-state index in [9.17, 15) is 4.79 Å². The van der Waals surface area contributed by atoms with Crippen molar-refractivity contribution in [1.29, 1.82) is 0 Å². The van der Waals surface area contributed by atoms with Crippen molar-refractivity contribution in [2.75, 3.05) is 6.54 Å². The number of rotatable bonds is 5. The van der Waals surface area contributed by atoms with Crippen LogP contribution in [0.3, 0.4) is 0 Å². The minimum atomic E-state index is -0.857. The van der Waals surface area contributed by atoms with E-state index in [-0.39, 0.29) is 17.4 Å². The third-order valence-electron chi connectivity index (χ3n) is 4.07. The zero-order chi connectivity index (χ0) is 18.8. The molecule has 0 fully saturated rings. The molecule has 0 aliphatic rings. The van der Waals surface area contributed by atoms with E-state index >= 15 is 0 Å². The van der Waals surface area contributed by atoms with E-state index < -0.39 is 5.97 Å². The van der Waals surface area contributed by atoms with Crippen molar-refractivity contribution in [1.82, 2.24) is 10.3 Å². The minimum absolute atomic E-state index is 0.0530. The summed E-state index contributed by atoms with van der Waals surface area (Å²) in [4.78, 5) is 15.3. The number of hydrogen-bond acceptors (Lipinski definition) is 4. The van der Waals surface area contributed by atoms with Gasteiger partial charge in [-0.2, -0.15) is 0 Å². The van der Waals surface area contributed by atoms with E-state index in [0.717, 1.165) is 16.3 Å². The summed E-state index contributed by atoms with van der Waals surface area (Å²) in [6, 6.07) is 6.74. The molecule has 0 saturated heterocycles. The fourth-order valence-corrected chi connectivity index (χ4v) is 3.22. The van der Waals surface area contributed by atoms with Crippen LogP contribution in [0, 0.1) is 0 Å². The summed E-state index contributed by atoms with van der Waals surface area (Å²) in [5, 5.41) is 14.5. The third-order valence-corrected chi connectivity index (χ3v) is 4.91. The van der Waals surface area contributed by atoms with Gasteiger partial charge in [-0.15, -0.1) is 11.3 Å². The molecule has 1 aromatic heterocycles. The van der Waals surface area contributed by atoms with Gasteiger partial charge in [0.25, 0.3) is 0 Å². The molecule has 1 aromatic carbocycles. The zero-order valence-electron chi connectivity index (χ0n) is 15.9. The second-order valence-electron chi connectivity index (χ2n) is 8.42. The van der Waals surface area contributed by atoms with Gasteiger partial charge >= 0.3 is 5.97 Å². The van der Waals surface area contributed by atoms with Crippen molar-refractivity contribution in [2.45, 2.75) is 58.9 Å². The van der Waals surface area contributed by atoms with Crippen LogP contribution < -0.4 is 5.32 Å². The number of nitrogens with one attached hydrogen (secondary N) is 1. The number of aromatic nitrogens is 1. The topological polar surface area (TPSA) is 62.2 Å². The first kappa shape index (κ1) is 19.6. The number of carbonyl (C=O) groups is 1. The van der Waals surface area contributed by atoms with E-state index in [1.165, 1.54) is 11.1 Å². The Morgan fingerprint density at radius 1 is 1.08 bits per heavy atom. The molecule has 0 saturated carbocycles. The maximum Gasteiger partial charge on any atom is 0.317 e. The first-order valence-electron chi connectivity index (χ1n) is 8.50. The lowest BCUT2D eigenvalue weighted by Gasteiger charge is -2.26. The van der Waals surface area contributed by atoms with Gasteiger partial charge in [-0.05, 0) is 34.1 Å². The van der Waals surface area contributed by atoms with Crippen LogP contribution in [0.15, 0.2) is 23.6 Å². The Morgan fingerprint density at radius 2 is 1.64 bits per heavy atom. The molecule has 0 bridgehead atoms. The highest BCUT2D eigenvalue weighted by Crippen LogP contribution is 2.34. The molecule has 25 heavy (non-hydrogen) atoms. The van der Waals surface area contributed by atoms with Gasteiger partial charge < -0.3 is 10.4 Å². The molecule has 0 radical (unpaired) electrons. The number of thiazole rings is 1. The largest absolute Gasteiger partial charge is 0.480 e. The second kappa shape index (κ2) is 7.26. The maximum absolute atomic E-state index is 10.6. The van der Waals surface area contributed by atoms with Crippen LogP contribution in [0.25, 0.3) is 11.3 Å². The highest BCUT2D eigenvalue weighted by molar-refractivity contribution is 7.09. The van der Waals surface area contributed by atoms with Crippen LogP contribution in [0.5, 0.6) is 0 Å². The number of nitrogens with zero attached hydrogens (tertiary/aromatic N) is 1. The van der Waals surface area contributed by atoms with Crippen LogP contribution in [0.4, 0.5) is 0 Å². The Hall–Kier alpha value is -1.72. The summed E-state index contributed by atoms with van der Waals surface area (Å²) in [7, 11) is 0. The van der Waals surface area contributed by atoms with E-state index in [4.69, 9.17) is 5.11 Å². The Balaban J connectivity index is 2.35. The number of carboxylic acid groups (broad SMARTS) is 1. The lowest BCUT2D eigenvalue weighted by molar-refractivity contribution is -0.135. The molecule has 2 rings (SSSR count). The van der Waals surface area contributed by atoms with Gasteiger partial charge in [-0.3, -0.25) is 4.79 Å². The standard InChI is InChI=1S/C20H28N2O2S/c1-19(2,3)14-7-13(8-15(9-14)20(4,5)6)16-12-25-17(22-16)10-21-11-18(23)24/h7-9,12,21H,10-11H2,1-6H3,(H,23,24). The summed E-state index contributed by atoms with van der Waals surface area (Å²) in [6.07, 6.45) is 0. The zero-order valence-corrected chi connectivity index (χ0v) is 16.8. The first-order chi connectivity index (χ1) is 11.5. The summed E-state index contributed by atoms with van der Waals surface area (Å²) in [5.41, 5.74) is 4.81. The highest BCUT2D eigenvalue weighted by atomic mass is 32.1. The van der Waals surface area contributed by atoms with Crippen molar-refractivity contribution in [3.8, 4) is 11.3 Å². The van der Waals surface area contributed by atoms with Gasteiger partial charge in [0.1, 0.15) is 5.01 Å². The molecule has 0 aliphatic carbocycles. The second-order valence-corrected chi connectivity index (χ2v) is 9.37. The molecule has 5 heteroatoms. The van der Waals surface area contributed by atoms with Crippen molar-refractivity contribution >= 4 is 17.3 Å². The Morgan fingerprint density at radius 3 is 2.12 bits per heavy atom. The minimum Gasteiger partial charge on any atom is -0.480 e. The molecule has 0 aliphatic heterocycles. The Kier molecular flexibility index (Phi) is 5.69. The summed E-state index contributed by atoms with van der Waals surface area (Å²) < 4.78 is 0. The third kappa shape index (κ3) is 5.38. The monoisotopic (exact) mass is 360 g/mol. The average molecular weight is 361 g/mol. The van der Waals surface area contributed by atoms with E-state index in [1.807, 2.05) is 5.38 Å². The fourth-order valence-electron chi connectivity index (χ4n) is 2.44. The van der Waals surface area contributed by atoms with Crippen LogP contribution >= 0.6 is 11.3 Å². The number of carboxylic acids is 1. The van der Waals surface area contributed by atoms with Crippen molar-refractivity contribution in [2.24, 2.45) is 0 Å². The quantitative estimate of drug-likeness (QED) is 0.819. The van der Waals surface area contributed by atoms with E-state index in [2.05, 4.69) is 70.0 Å². The first-order valence-corrected chi connectivity index (χ1v) is 9.38. The molecule has 1 heterocycles. The average Bonchev–Trinajstić information content (AvgIpc) is 2.93. The molecular weight excluding hydrogens is 332 g/mol. The number of hydrogen-bond donors (Lipinski definition) is 2. The summed E-state index contributed by atoms with van der Waals surface area (Å²) in [5.74, 6) is -0.857.